The first-order valence-electron chi connectivity index (χ1n) is 3.45. The molecule has 2 atom stereocenters. The van der Waals surface area contributed by atoms with E-state index in [4.69, 9.17) is 5.73 Å². The minimum atomic E-state index is -3.24. The molecule has 1 saturated heterocycles. The van der Waals surface area contributed by atoms with Crippen molar-refractivity contribution in [3.8, 4) is 0 Å². The first-order valence-corrected chi connectivity index (χ1v) is 5.06. The van der Waals surface area contributed by atoms with Crippen LogP contribution in [0.3, 0.4) is 0 Å². The Kier molecular flexibility index (Phi) is 2.02. The van der Waals surface area contributed by atoms with Gasteiger partial charge in [-0.2, -0.15) is 0 Å². The van der Waals surface area contributed by atoms with Gasteiger partial charge in [0, 0.05) is 13.0 Å². The van der Waals surface area contributed by atoms with Gasteiger partial charge in [-0.25, -0.2) is 8.42 Å². The van der Waals surface area contributed by atoms with E-state index < -0.39 is 20.3 Å². The molecule has 64 valence electrons. The molecule has 1 rings (SSSR count). The molecule has 0 spiro atoms. The van der Waals surface area contributed by atoms with Crippen LogP contribution in [0.1, 0.15) is 13.3 Å². The van der Waals surface area contributed by atoms with E-state index in [2.05, 4.69) is 0 Å². The summed E-state index contributed by atoms with van der Waals surface area (Å²) in [6.07, 6.45) is 0.129. The van der Waals surface area contributed by atoms with Crippen LogP contribution in [0.25, 0.3) is 0 Å². The zero-order chi connectivity index (χ0) is 8.65. The summed E-state index contributed by atoms with van der Waals surface area (Å²) < 4.78 is 22.5. The van der Waals surface area contributed by atoms with Crippen LogP contribution in [-0.4, -0.2) is 31.2 Å². The van der Waals surface area contributed by atoms with Gasteiger partial charge in [-0.05, 0) is 6.92 Å². The molecular weight excluding hydrogens is 166 g/mol. The highest BCUT2D eigenvalue weighted by molar-refractivity contribution is 7.94. The lowest BCUT2D eigenvalue weighted by Gasteiger charge is -2.04. The fourth-order valence-electron chi connectivity index (χ4n) is 1.26. The van der Waals surface area contributed by atoms with Crippen molar-refractivity contribution in [2.24, 2.45) is 5.73 Å². The molecule has 0 aromatic rings. The number of nitrogens with two attached hydrogens (primary N) is 1. The number of sulfone groups is 1. The monoisotopic (exact) mass is 177 g/mol. The third-order valence-corrected chi connectivity index (χ3v) is 4.56. The highest BCUT2D eigenvalue weighted by atomic mass is 32.2. The summed E-state index contributed by atoms with van der Waals surface area (Å²) in [6, 6.07) is 0. The van der Waals surface area contributed by atoms with E-state index in [9.17, 15) is 13.2 Å². The van der Waals surface area contributed by atoms with Gasteiger partial charge in [-0.15, -0.1) is 0 Å². The Balaban J connectivity index is 3.04. The van der Waals surface area contributed by atoms with Crippen molar-refractivity contribution >= 4 is 15.6 Å². The summed E-state index contributed by atoms with van der Waals surface area (Å²) >= 11 is 0. The van der Waals surface area contributed by atoms with Gasteiger partial charge in [-0.1, -0.05) is 0 Å². The smallest absolute Gasteiger partial charge is 0.164 e. The van der Waals surface area contributed by atoms with Gasteiger partial charge in [0.2, 0.25) is 0 Å². The molecule has 0 amide bonds. The Labute approximate surface area is 65.7 Å². The molecule has 1 fully saturated rings. The normalized spacial score (nSPS) is 36.0. The number of hydrogen-bond donors (Lipinski definition) is 1. The van der Waals surface area contributed by atoms with Crippen LogP contribution in [0.4, 0.5) is 0 Å². The molecule has 11 heavy (non-hydrogen) atoms. The van der Waals surface area contributed by atoms with Crippen LogP contribution in [0.5, 0.6) is 0 Å². The molecule has 0 aromatic heterocycles. The van der Waals surface area contributed by atoms with E-state index in [-0.39, 0.29) is 18.7 Å². The van der Waals surface area contributed by atoms with Crippen molar-refractivity contribution in [3.63, 3.8) is 0 Å². The second-order valence-corrected chi connectivity index (χ2v) is 5.35. The Bertz CT molecular complexity index is 270. The minimum Gasteiger partial charge on any atom is -0.329 e. The number of hydrogen-bond acceptors (Lipinski definition) is 4. The first-order chi connectivity index (χ1) is 5.00. The molecule has 0 saturated carbocycles. The third kappa shape index (κ3) is 1.18. The predicted octanol–water partition coefficient (Wildman–Crippen LogP) is -0.910. The number of rotatable bonds is 1. The molecule has 1 aliphatic heterocycles. The number of carbonyl (C=O) groups is 1. The fourth-order valence-corrected chi connectivity index (χ4v) is 2.95. The van der Waals surface area contributed by atoms with Crippen molar-refractivity contribution in [2.75, 3.05) is 6.54 Å². The molecule has 0 aliphatic carbocycles. The maximum atomic E-state index is 11.2. The Hall–Kier alpha value is -0.420. The second kappa shape index (κ2) is 2.57. The maximum absolute atomic E-state index is 11.2. The molecule has 0 radical (unpaired) electrons. The minimum absolute atomic E-state index is 0.0779. The molecule has 1 heterocycles. The first kappa shape index (κ1) is 8.67. The number of ketones is 1. The summed E-state index contributed by atoms with van der Waals surface area (Å²) in [7, 11) is -3.24. The van der Waals surface area contributed by atoms with E-state index >= 15 is 0 Å². The van der Waals surface area contributed by atoms with E-state index in [0.29, 0.717) is 0 Å². The fraction of sp³-hybridized carbons (Fsp3) is 0.833. The van der Waals surface area contributed by atoms with Gasteiger partial charge < -0.3 is 5.73 Å². The lowest BCUT2D eigenvalue weighted by atomic mass is 10.2. The van der Waals surface area contributed by atoms with Crippen molar-refractivity contribution in [2.45, 2.75) is 23.8 Å². The predicted molar refractivity (Wildman–Crippen MR) is 40.8 cm³/mol. The number of Topliss-reactive ketones (excluding diaryl/α,β-unsaturated/α-hetero) is 1. The third-order valence-electron chi connectivity index (χ3n) is 2.02. The summed E-state index contributed by atoms with van der Waals surface area (Å²) in [5.74, 6) is -0.236. The lowest BCUT2D eigenvalue weighted by molar-refractivity contribution is -0.117. The average Bonchev–Trinajstić information content (AvgIpc) is 2.04. The topological polar surface area (TPSA) is 77.2 Å². The van der Waals surface area contributed by atoms with Gasteiger partial charge in [0.25, 0.3) is 0 Å². The largest absolute Gasteiger partial charge is 0.329 e. The van der Waals surface area contributed by atoms with E-state index in [0.717, 1.165) is 0 Å². The summed E-state index contributed by atoms with van der Waals surface area (Å²) in [5.41, 5.74) is 5.16. The molecule has 1 aliphatic rings. The Morgan fingerprint density at radius 3 is 2.36 bits per heavy atom. The Morgan fingerprint density at radius 2 is 2.18 bits per heavy atom. The zero-order valence-corrected chi connectivity index (χ0v) is 7.10. The van der Waals surface area contributed by atoms with Crippen molar-refractivity contribution in [3.05, 3.63) is 0 Å². The quantitative estimate of drug-likeness (QED) is 0.562. The second-order valence-electron chi connectivity index (χ2n) is 2.79. The number of carbonyl (C=O) groups excluding carboxylic acids is 1. The van der Waals surface area contributed by atoms with Gasteiger partial charge in [0.15, 0.2) is 15.6 Å². The molecule has 4 nitrogen and oxygen atoms in total. The van der Waals surface area contributed by atoms with Crippen LogP contribution in [0, 0.1) is 0 Å². The van der Waals surface area contributed by atoms with Gasteiger partial charge in [0.1, 0.15) is 5.25 Å². The summed E-state index contributed by atoms with van der Waals surface area (Å²) in [4.78, 5) is 11.0. The van der Waals surface area contributed by atoms with Gasteiger partial charge in [0.05, 0.1) is 5.25 Å². The van der Waals surface area contributed by atoms with Crippen LogP contribution in [-0.2, 0) is 14.6 Å². The molecular formula is C6H11NO3S. The SMILES string of the molecule is CC1CC(=O)C(CN)S1(=O)=O. The average molecular weight is 177 g/mol. The Morgan fingerprint density at radius 1 is 1.64 bits per heavy atom. The highest BCUT2D eigenvalue weighted by Gasteiger charge is 2.43. The molecule has 0 aromatic carbocycles. The van der Waals surface area contributed by atoms with Crippen molar-refractivity contribution in [1.29, 1.82) is 0 Å². The molecule has 0 bridgehead atoms. The zero-order valence-electron chi connectivity index (χ0n) is 6.28. The van der Waals surface area contributed by atoms with Crippen LogP contribution >= 0.6 is 0 Å². The van der Waals surface area contributed by atoms with E-state index in [1.165, 1.54) is 0 Å². The lowest BCUT2D eigenvalue weighted by Crippen LogP contribution is -2.32. The summed E-state index contributed by atoms with van der Waals surface area (Å²) in [5, 5.41) is -1.47. The standard InChI is InChI=1S/C6H11NO3S/c1-4-2-5(8)6(3-7)11(4,9)10/h4,6H,2-3,7H2,1H3. The van der Waals surface area contributed by atoms with Crippen molar-refractivity contribution in [1.82, 2.24) is 0 Å². The van der Waals surface area contributed by atoms with Crippen LogP contribution in [0.15, 0.2) is 0 Å². The van der Waals surface area contributed by atoms with E-state index in [1.54, 1.807) is 6.92 Å². The summed E-state index contributed by atoms with van der Waals surface area (Å²) in [6.45, 7) is 1.47. The van der Waals surface area contributed by atoms with E-state index in [1.807, 2.05) is 0 Å². The molecule has 2 unspecified atom stereocenters. The van der Waals surface area contributed by atoms with Gasteiger partial charge in [-0.3, -0.25) is 4.79 Å². The van der Waals surface area contributed by atoms with Gasteiger partial charge >= 0.3 is 0 Å². The highest BCUT2D eigenvalue weighted by Crippen LogP contribution is 2.22. The molecule has 2 N–H and O–H groups in total. The molecule has 5 heteroatoms. The maximum Gasteiger partial charge on any atom is 0.164 e. The van der Waals surface area contributed by atoms with Crippen LogP contribution in [0.2, 0.25) is 0 Å². The van der Waals surface area contributed by atoms with Crippen LogP contribution < -0.4 is 5.73 Å². The van der Waals surface area contributed by atoms with Crippen molar-refractivity contribution < 1.29 is 13.2 Å².